The predicted octanol–water partition coefficient (Wildman–Crippen LogP) is 22.7. The van der Waals surface area contributed by atoms with Crippen molar-refractivity contribution in [3.8, 4) is 81.5 Å². The predicted molar refractivity (Wildman–Crippen MR) is 415 cm³/mol. The maximum absolute atomic E-state index is 13.8. The van der Waals surface area contributed by atoms with Gasteiger partial charge in [-0.25, -0.2) is 103 Å². The molecule has 14 aromatic heterocycles. The molecule has 16 aromatic rings. The van der Waals surface area contributed by atoms with Gasteiger partial charge in [0.15, 0.2) is 0 Å². The largest absolute Gasteiger partial charge is 0.435 e. The maximum Gasteiger partial charge on any atom is 0.433 e. The molecule has 0 unspecified atom stereocenters. The molecule has 24 nitrogen and oxygen atoms in total. The van der Waals surface area contributed by atoms with Crippen molar-refractivity contribution in [3.63, 3.8) is 0 Å². The summed E-state index contributed by atoms with van der Waals surface area (Å²) >= 11 is 0. The first-order valence-corrected chi connectivity index (χ1v) is 36.2. The summed E-state index contributed by atoms with van der Waals surface area (Å²) in [5.74, 6) is -2.87. The molecule has 0 bridgehead atoms. The minimum atomic E-state index is -4.62. The molecule has 14 heterocycles. The number of hydrogen-bond donors (Lipinski definition) is 4. The molecule has 4 N–H and O–H groups in total. The molecule has 0 atom stereocenters. The topological polar surface area (TPSA) is 308 Å². The second-order valence-corrected chi connectivity index (χ2v) is 26.5. The number of pyridine rings is 10. The van der Waals surface area contributed by atoms with Crippen molar-refractivity contribution in [2.45, 2.75) is 58.2 Å². The van der Waals surface area contributed by atoms with Gasteiger partial charge >= 0.3 is 25.6 Å². The summed E-state index contributed by atoms with van der Waals surface area (Å²) in [7, 11) is 0. The molecule has 129 heavy (non-hydrogen) atoms. The van der Waals surface area contributed by atoms with Gasteiger partial charge in [-0.1, -0.05) is 0 Å². The number of nitriles is 4. The number of alkyl halides is 18. The van der Waals surface area contributed by atoms with Gasteiger partial charge in [0.2, 0.25) is 5.88 Å². The van der Waals surface area contributed by atoms with Crippen LogP contribution in [0.1, 0.15) is 87.6 Å². The van der Waals surface area contributed by atoms with E-state index < -0.39 is 109 Å². The van der Waals surface area contributed by atoms with Crippen LogP contribution in [-0.2, 0) is 12.4 Å². The highest BCUT2D eigenvalue weighted by molar-refractivity contribution is 5.75. The van der Waals surface area contributed by atoms with Gasteiger partial charge in [0.25, 0.3) is 25.7 Å². The van der Waals surface area contributed by atoms with E-state index in [0.29, 0.717) is 16.9 Å². The molecule has 654 valence electrons. The standard InChI is InChI=1S/C21H11F6N5.C21H13F5N6O.C21H12F5N5O.C20H10F6N6/c22-13-3-6-17-31-18(20(23)24)19(32(17)10-13)15-7-11(9-28)8-16(30-15)29-14-4-1-12(2-5-14)21(25,26)27;1-10-4-13(8-28-20(10)33-21(25)26)29-15-6-11(7-27)5-14(30-15)18-17(19(23)24)31-16-3-2-12(22)9-32(16)18;22-12-1-6-17-30-18(20(23)24)19(31(17)10-12)15-7-11(9-27)8-16(29-15)28-13-2-4-14(5-3-13)32-21(25)26;21-11-1-4-16-31-17(19(22)23)18(32(16)9-11)13-5-10(7-27)6-15(30-13)29-12-2-3-14(28-8-12)20(24,25)26/h1-8,10,20H,(H,29,30);2-6,8-9,19,21H,1H3,(H,29,30);1-8,10,20-21H,(H,28,29);1-6,8-9,19H,(H,29,30). The third-order valence-electron chi connectivity index (χ3n) is 17.7. The van der Waals surface area contributed by atoms with E-state index in [-0.39, 0.29) is 137 Å². The minimum Gasteiger partial charge on any atom is -0.435 e. The number of imidazole rings is 4. The fraction of sp³-hybridized carbons (Fsp3) is 0.108. The number of anilines is 8. The molecule has 0 aliphatic carbocycles. The number of aryl methyl sites for hydroxylation is 1. The zero-order valence-corrected chi connectivity index (χ0v) is 64.2. The highest BCUT2D eigenvalue weighted by atomic mass is 19.4. The van der Waals surface area contributed by atoms with E-state index in [0.717, 1.165) is 109 Å². The Morgan fingerprint density at radius 3 is 0.915 bits per heavy atom. The van der Waals surface area contributed by atoms with Crippen molar-refractivity contribution in [1.29, 1.82) is 21.0 Å². The second-order valence-electron chi connectivity index (χ2n) is 26.5. The Balaban J connectivity index is 0.000000147. The summed E-state index contributed by atoms with van der Waals surface area (Å²) in [6, 6.07) is 39.9. The normalized spacial score (nSPS) is 11.4. The Morgan fingerprint density at radius 1 is 0.333 bits per heavy atom. The van der Waals surface area contributed by atoms with E-state index in [1.54, 1.807) is 0 Å². The second kappa shape index (κ2) is 37.8. The zero-order chi connectivity index (χ0) is 92.6. The summed E-state index contributed by atoms with van der Waals surface area (Å²) in [5, 5.41) is 48.6. The molecule has 0 aliphatic heterocycles. The zero-order valence-electron chi connectivity index (χ0n) is 64.2. The Kier molecular flexibility index (Phi) is 26.4. The van der Waals surface area contributed by atoms with Gasteiger partial charge in [0, 0.05) is 41.7 Å². The van der Waals surface area contributed by atoms with Gasteiger partial charge in [-0.2, -0.15) is 65.0 Å². The van der Waals surface area contributed by atoms with E-state index >= 15 is 0 Å². The van der Waals surface area contributed by atoms with Gasteiger partial charge < -0.3 is 30.7 Å². The number of rotatable bonds is 20. The molecule has 0 saturated heterocycles. The number of halogens is 22. The van der Waals surface area contributed by atoms with Crippen LogP contribution in [0.15, 0.2) is 201 Å². The quantitative estimate of drug-likeness (QED) is 0.0515. The van der Waals surface area contributed by atoms with E-state index in [4.69, 9.17) is 0 Å². The molecule has 46 heteroatoms. The summed E-state index contributed by atoms with van der Waals surface area (Å²) in [4.78, 5) is 39.4. The monoisotopic (exact) mass is 1800 g/mol. The van der Waals surface area contributed by atoms with Crippen LogP contribution >= 0.6 is 0 Å². The Hall–Kier alpha value is -16.7. The van der Waals surface area contributed by atoms with Crippen molar-refractivity contribution >= 4 is 68.6 Å². The molecule has 0 spiro atoms. The number of ether oxygens (including phenoxy) is 2. The number of fused-ring (bicyclic) bond motifs is 4. The number of nitrogens with zero attached hydrogens (tertiary/aromatic N) is 18. The van der Waals surface area contributed by atoms with Crippen LogP contribution in [0.2, 0.25) is 0 Å². The molecule has 0 radical (unpaired) electrons. The van der Waals surface area contributed by atoms with Gasteiger partial charge in [-0.05, 0) is 171 Å². The SMILES string of the molecule is Cc1cc(Nc2cc(C#N)cc(-c3c(C(F)F)nc4ccc(F)cn34)n2)cnc1OC(F)F.N#Cc1cc(Nc2ccc(C(F)(F)F)cc2)nc(-c2c(C(F)F)nc3ccc(F)cn23)c1.N#Cc1cc(Nc2ccc(C(F)(F)F)nc2)nc(-c2c(C(F)F)nc3ccc(F)cn23)c1.N#Cc1cc(Nc2ccc(OC(F)F)cc2)nc(-c2c(C(F)F)nc3ccc(F)cn23)c1. The Bertz CT molecular complexity index is 6830. The fourth-order valence-electron chi connectivity index (χ4n) is 12.4. The van der Waals surface area contributed by atoms with Crippen molar-refractivity contribution in [1.82, 2.24) is 67.4 Å². The van der Waals surface area contributed by atoms with Crippen molar-refractivity contribution in [2.75, 3.05) is 21.3 Å². The average Bonchev–Trinajstić information content (AvgIpc) is 1.64. The lowest BCUT2D eigenvalue weighted by molar-refractivity contribution is -0.141. The van der Waals surface area contributed by atoms with Gasteiger partial charge in [-0.3, -0.25) is 17.6 Å². The summed E-state index contributed by atoms with van der Waals surface area (Å²) in [5.41, 5.74) is -3.67. The third-order valence-corrected chi connectivity index (χ3v) is 17.7. The Morgan fingerprint density at radius 2 is 0.636 bits per heavy atom. The van der Waals surface area contributed by atoms with Crippen LogP contribution < -0.4 is 30.7 Å². The van der Waals surface area contributed by atoms with Gasteiger partial charge in [0.1, 0.15) is 126 Å². The van der Waals surface area contributed by atoms with Crippen LogP contribution in [0.4, 0.5) is 143 Å². The van der Waals surface area contributed by atoms with E-state index in [1.807, 2.05) is 24.3 Å². The van der Waals surface area contributed by atoms with Crippen LogP contribution in [0, 0.1) is 75.5 Å². The number of hydrogen-bond acceptors (Lipinski definition) is 20. The van der Waals surface area contributed by atoms with Gasteiger partial charge in [0.05, 0.1) is 98.6 Å². The first-order valence-electron chi connectivity index (χ1n) is 36.2. The molecule has 0 amide bonds. The number of benzene rings is 2. The Labute approximate surface area is 707 Å². The summed E-state index contributed by atoms with van der Waals surface area (Å²) < 4.78 is 303. The van der Waals surface area contributed by atoms with Crippen LogP contribution in [-0.4, -0.2) is 80.7 Å². The molecule has 0 aliphatic rings. The van der Waals surface area contributed by atoms with Crippen LogP contribution in [0.25, 0.3) is 68.1 Å². The smallest absolute Gasteiger partial charge is 0.433 e. The fourth-order valence-corrected chi connectivity index (χ4v) is 12.4. The minimum absolute atomic E-state index is 0.0175. The van der Waals surface area contributed by atoms with Crippen LogP contribution in [0.3, 0.4) is 0 Å². The molecule has 0 fully saturated rings. The van der Waals surface area contributed by atoms with Crippen molar-refractivity contribution in [2.24, 2.45) is 0 Å². The van der Waals surface area contributed by atoms with E-state index in [2.05, 4.69) is 80.6 Å². The van der Waals surface area contributed by atoms with Crippen LogP contribution in [0.5, 0.6) is 11.6 Å². The maximum atomic E-state index is 13.8. The molecule has 16 rings (SSSR count). The summed E-state index contributed by atoms with van der Waals surface area (Å²) in [6.07, 6.45) is -15.1. The average molecular weight is 1800 g/mol. The van der Waals surface area contributed by atoms with E-state index in [1.165, 1.54) is 116 Å². The number of aromatic nitrogens is 14. The first kappa shape index (κ1) is 90.1. The molecular formula is C83H46F22N22O2. The third kappa shape index (κ3) is 21.2. The summed E-state index contributed by atoms with van der Waals surface area (Å²) in [6.45, 7) is -4.50. The van der Waals surface area contributed by atoms with Crippen molar-refractivity contribution < 1.29 is 106 Å². The lowest BCUT2D eigenvalue weighted by Gasteiger charge is -2.12. The molecule has 2 aromatic carbocycles. The lowest BCUT2D eigenvalue weighted by Crippen LogP contribution is -2.07. The number of nitrogens with one attached hydrogen (secondary N) is 4. The highest BCUT2D eigenvalue weighted by Crippen LogP contribution is 2.40. The lowest BCUT2D eigenvalue weighted by atomic mass is 10.1. The first-order chi connectivity index (χ1) is 61.4. The highest BCUT2D eigenvalue weighted by Gasteiger charge is 2.34. The molecular weight excluding hydrogens is 1760 g/mol. The van der Waals surface area contributed by atoms with Gasteiger partial charge in [-0.15, -0.1) is 0 Å². The van der Waals surface area contributed by atoms with E-state index in [9.17, 15) is 118 Å². The molecule has 0 saturated carbocycles. The van der Waals surface area contributed by atoms with Crippen molar-refractivity contribution in [3.05, 3.63) is 286 Å².